The number of nitrogens with zero attached hydrogens (tertiary/aromatic N) is 4. The molecule has 102 valence electrons. The summed E-state index contributed by atoms with van der Waals surface area (Å²) in [4.78, 5) is 0. The fraction of sp³-hybridized carbons (Fsp3) is 0.357. The number of thioether (sulfide) groups is 1. The van der Waals surface area contributed by atoms with Crippen molar-refractivity contribution in [1.29, 1.82) is 0 Å². The Kier molecular flexibility index (Phi) is 3.04. The Balaban J connectivity index is 1.78. The van der Waals surface area contributed by atoms with E-state index in [0.717, 1.165) is 28.0 Å². The summed E-state index contributed by atoms with van der Waals surface area (Å²) < 4.78 is 1.88. The number of fused-ring (bicyclic) bond motifs is 2. The van der Waals surface area contributed by atoms with Gasteiger partial charge in [0, 0.05) is 10.6 Å². The minimum absolute atomic E-state index is 0.499. The van der Waals surface area contributed by atoms with E-state index < -0.39 is 0 Å². The molecule has 1 aromatic carbocycles. The van der Waals surface area contributed by atoms with Gasteiger partial charge < -0.3 is 0 Å². The molecule has 4 nitrogen and oxygen atoms in total. The van der Waals surface area contributed by atoms with Crippen LogP contribution in [0.25, 0.3) is 11.4 Å². The Bertz CT molecular complexity index is 677. The van der Waals surface area contributed by atoms with Crippen molar-refractivity contribution in [2.45, 2.75) is 36.1 Å². The lowest BCUT2D eigenvalue weighted by molar-refractivity contribution is 0.642. The molecule has 1 fully saturated rings. The summed E-state index contributed by atoms with van der Waals surface area (Å²) in [5.41, 5.74) is 2.27. The summed E-state index contributed by atoms with van der Waals surface area (Å²) in [6, 6.07) is 7.64. The second-order valence-corrected chi connectivity index (χ2v) is 6.67. The first-order valence-electron chi connectivity index (χ1n) is 6.77. The van der Waals surface area contributed by atoms with Crippen molar-refractivity contribution in [3.05, 3.63) is 29.3 Å². The van der Waals surface area contributed by atoms with Crippen LogP contribution >= 0.6 is 23.4 Å². The normalized spacial score (nSPS) is 21.1. The summed E-state index contributed by atoms with van der Waals surface area (Å²) in [6.07, 6.45) is 4.82. The van der Waals surface area contributed by atoms with Crippen molar-refractivity contribution in [3.63, 3.8) is 0 Å². The monoisotopic (exact) mass is 304 g/mol. The number of benzene rings is 1. The van der Waals surface area contributed by atoms with E-state index in [0.29, 0.717) is 5.25 Å². The number of halogens is 1. The van der Waals surface area contributed by atoms with E-state index in [1.54, 1.807) is 11.8 Å². The summed E-state index contributed by atoms with van der Waals surface area (Å²) in [5, 5.41) is 15.5. The van der Waals surface area contributed by atoms with Gasteiger partial charge in [0.2, 0.25) is 5.16 Å². The molecule has 0 radical (unpaired) electrons. The van der Waals surface area contributed by atoms with Crippen LogP contribution in [-0.4, -0.2) is 25.8 Å². The largest absolute Gasteiger partial charge is 0.213 e. The first-order valence-corrected chi connectivity index (χ1v) is 8.03. The van der Waals surface area contributed by atoms with Crippen molar-refractivity contribution < 1.29 is 0 Å². The second kappa shape index (κ2) is 4.90. The molecule has 1 atom stereocenters. The number of rotatable bonds is 1. The Morgan fingerprint density at radius 3 is 2.85 bits per heavy atom. The third-order valence-corrected chi connectivity index (χ3v) is 5.22. The van der Waals surface area contributed by atoms with Gasteiger partial charge in [-0.15, -0.1) is 10.2 Å². The highest BCUT2D eigenvalue weighted by Crippen LogP contribution is 2.36. The van der Waals surface area contributed by atoms with E-state index in [1.165, 1.54) is 25.0 Å². The Morgan fingerprint density at radius 2 is 2.00 bits per heavy atom. The summed E-state index contributed by atoms with van der Waals surface area (Å²) in [6.45, 7) is 0. The average Bonchev–Trinajstić information content (AvgIpc) is 2.88. The molecular weight excluding hydrogens is 292 g/mol. The number of hydrogen-bond donors (Lipinski definition) is 0. The molecule has 0 amide bonds. The fourth-order valence-corrected chi connectivity index (χ4v) is 3.95. The van der Waals surface area contributed by atoms with E-state index >= 15 is 0 Å². The molecule has 0 bridgehead atoms. The highest BCUT2D eigenvalue weighted by atomic mass is 35.5. The summed E-state index contributed by atoms with van der Waals surface area (Å²) in [7, 11) is 0. The molecule has 2 heterocycles. The van der Waals surface area contributed by atoms with Gasteiger partial charge in [-0.1, -0.05) is 29.8 Å². The van der Waals surface area contributed by atoms with E-state index in [2.05, 4.69) is 10.2 Å². The van der Waals surface area contributed by atoms with Crippen LogP contribution < -0.4 is 0 Å². The van der Waals surface area contributed by atoms with Gasteiger partial charge in [0.15, 0.2) is 5.82 Å². The van der Waals surface area contributed by atoms with Gasteiger partial charge in [-0.25, -0.2) is 0 Å². The SMILES string of the molecule is Clc1ccc(-c2nnc3n2N=C2CCCCC2S3)cc1. The van der Waals surface area contributed by atoms with Gasteiger partial charge in [-0.05, 0) is 43.5 Å². The maximum Gasteiger partial charge on any atom is 0.213 e. The molecule has 1 aromatic heterocycles. The quantitative estimate of drug-likeness (QED) is 0.803. The predicted molar refractivity (Wildman–Crippen MR) is 81.4 cm³/mol. The number of aromatic nitrogens is 3. The van der Waals surface area contributed by atoms with Crippen LogP contribution in [0, 0.1) is 0 Å². The fourth-order valence-electron chi connectivity index (χ4n) is 2.67. The van der Waals surface area contributed by atoms with Crippen LogP contribution in [0.4, 0.5) is 0 Å². The molecule has 2 aliphatic rings. The minimum Gasteiger partial charge on any atom is -0.187 e. The molecule has 0 N–H and O–H groups in total. The van der Waals surface area contributed by atoms with Gasteiger partial charge in [-0.2, -0.15) is 9.78 Å². The van der Waals surface area contributed by atoms with Crippen molar-refractivity contribution >= 4 is 29.1 Å². The van der Waals surface area contributed by atoms with Crippen LogP contribution in [0.15, 0.2) is 34.5 Å². The zero-order valence-corrected chi connectivity index (χ0v) is 12.4. The molecule has 1 aliphatic heterocycles. The summed E-state index contributed by atoms with van der Waals surface area (Å²) in [5.74, 6) is 0.792. The third-order valence-electron chi connectivity index (χ3n) is 3.71. The maximum absolute atomic E-state index is 5.93. The van der Waals surface area contributed by atoms with Crippen molar-refractivity contribution in [3.8, 4) is 11.4 Å². The first-order chi connectivity index (χ1) is 9.81. The lowest BCUT2D eigenvalue weighted by atomic mass is 9.98. The van der Waals surface area contributed by atoms with Crippen LogP contribution in [-0.2, 0) is 0 Å². The van der Waals surface area contributed by atoms with E-state index in [4.69, 9.17) is 16.7 Å². The molecule has 0 spiro atoms. The van der Waals surface area contributed by atoms with Crippen molar-refractivity contribution in [1.82, 2.24) is 14.9 Å². The lowest BCUT2D eigenvalue weighted by Crippen LogP contribution is -2.26. The standard InChI is InChI=1S/C14H13ClN4S/c15-10-7-5-9(6-8-10)13-16-17-14-19(13)18-11-3-1-2-4-12(11)20-14/h5-8,12H,1-4H2. The van der Waals surface area contributed by atoms with Crippen LogP contribution in [0.2, 0.25) is 5.02 Å². The van der Waals surface area contributed by atoms with Gasteiger partial charge >= 0.3 is 0 Å². The zero-order chi connectivity index (χ0) is 13.5. The molecule has 20 heavy (non-hydrogen) atoms. The zero-order valence-electron chi connectivity index (χ0n) is 10.8. The van der Waals surface area contributed by atoms with Crippen molar-refractivity contribution in [2.75, 3.05) is 0 Å². The van der Waals surface area contributed by atoms with Gasteiger partial charge in [0.1, 0.15) is 0 Å². The first kappa shape index (κ1) is 12.4. The molecule has 4 rings (SSSR count). The molecular formula is C14H13ClN4S. The lowest BCUT2D eigenvalue weighted by Gasteiger charge is -2.26. The Hall–Kier alpha value is -1.33. The second-order valence-electron chi connectivity index (χ2n) is 5.07. The van der Waals surface area contributed by atoms with E-state index in [9.17, 15) is 0 Å². The highest BCUT2D eigenvalue weighted by Gasteiger charge is 2.29. The third kappa shape index (κ3) is 2.05. The van der Waals surface area contributed by atoms with Gasteiger partial charge in [0.05, 0.1) is 11.0 Å². The van der Waals surface area contributed by atoms with Crippen LogP contribution in [0.1, 0.15) is 25.7 Å². The highest BCUT2D eigenvalue weighted by molar-refractivity contribution is 8.00. The maximum atomic E-state index is 5.93. The molecule has 1 saturated carbocycles. The van der Waals surface area contributed by atoms with Crippen LogP contribution in [0.5, 0.6) is 0 Å². The molecule has 1 aliphatic carbocycles. The Morgan fingerprint density at radius 1 is 1.15 bits per heavy atom. The smallest absolute Gasteiger partial charge is 0.187 e. The van der Waals surface area contributed by atoms with E-state index in [-0.39, 0.29) is 0 Å². The van der Waals surface area contributed by atoms with Gasteiger partial charge in [-0.3, -0.25) is 0 Å². The number of hydrogen-bond acceptors (Lipinski definition) is 4. The van der Waals surface area contributed by atoms with Crippen molar-refractivity contribution in [2.24, 2.45) is 5.10 Å². The minimum atomic E-state index is 0.499. The van der Waals surface area contributed by atoms with E-state index in [1.807, 2.05) is 28.9 Å². The molecule has 6 heteroatoms. The molecule has 0 saturated heterocycles. The predicted octanol–water partition coefficient (Wildman–Crippen LogP) is 3.85. The topological polar surface area (TPSA) is 43.1 Å². The molecule has 1 unspecified atom stereocenters. The van der Waals surface area contributed by atoms with Gasteiger partial charge in [0.25, 0.3) is 0 Å². The molecule has 2 aromatic rings. The summed E-state index contributed by atoms with van der Waals surface area (Å²) >= 11 is 7.73. The Labute approximate surface area is 126 Å². The van der Waals surface area contributed by atoms with Crippen LogP contribution in [0.3, 0.4) is 0 Å². The average molecular weight is 305 g/mol.